The molecular weight excluding hydrogens is 266 g/mol. The predicted octanol–water partition coefficient (Wildman–Crippen LogP) is 1.58. The molecular formula is C16H35N3O2. The molecule has 0 saturated carbocycles. The average Bonchev–Trinajstić information content (AvgIpc) is 2.50. The number of ether oxygens (including phenoxy) is 1. The standard InChI is InChI=1S/C16H35N3O2/c1-7-18(8-2)12-11-13-19(9-3)14-16(5,17-6)15(20)21-10-4/h17H,7-14H2,1-6H3. The lowest BCUT2D eigenvalue weighted by Gasteiger charge is -2.33. The maximum Gasteiger partial charge on any atom is 0.327 e. The summed E-state index contributed by atoms with van der Waals surface area (Å²) < 4.78 is 5.18. The van der Waals surface area contributed by atoms with Crippen molar-refractivity contribution >= 4 is 5.97 Å². The minimum absolute atomic E-state index is 0.172. The molecule has 5 heteroatoms. The number of esters is 1. The van der Waals surface area contributed by atoms with Gasteiger partial charge in [-0.2, -0.15) is 0 Å². The van der Waals surface area contributed by atoms with E-state index in [-0.39, 0.29) is 5.97 Å². The molecule has 0 amide bonds. The van der Waals surface area contributed by atoms with Gasteiger partial charge in [0.25, 0.3) is 0 Å². The molecule has 0 aromatic rings. The van der Waals surface area contributed by atoms with Crippen molar-refractivity contribution in [2.75, 3.05) is 52.9 Å². The van der Waals surface area contributed by atoms with E-state index in [4.69, 9.17) is 4.74 Å². The van der Waals surface area contributed by atoms with Crippen LogP contribution in [0.5, 0.6) is 0 Å². The minimum Gasteiger partial charge on any atom is -0.465 e. The highest BCUT2D eigenvalue weighted by atomic mass is 16.5. The molecule has 1 unspecified atom stereocenters. The molecule has 0 fully saturated rings. The largest absolute Gasteiger partial charge is 0.465 e. The summed E-state index contributed by atoms with van der Waals surface area (Å²) in [5.41, 5.74) is -0.638. The molecule has 0 aliphatic carbocycles. The second-order valence-electron chi connectivity index (χ2n) is 5.55. The van der Waals surface area contributed by atoms with Crippen LogP contribution >= 0.6 is 0 Å². The zero-order chi connectivity index (χ0) is 16.3. The quantitative estimate of drug-likeness (QED) is 0.555. The van der Waals surface area contributed by atoms with Crippen molar-refractivity contribution in [1.29, 1.82) is 0 Å². The number of nitrogens with one attached hydrogen (secondary N) is 1. The van der Waals surface area contributed by atoms with Crippen molar-refractivity contribution in [2.45, 2.75) is 46.6 Å². The molecule has 1 N–H and O–H groups in total. The van der Waals surface area contributed by atoms with E-state index in [1.165, 1.54) is 0 Å². The van der Waals surface area contributed by atoms with E-state index in [0.717, 1.165) is 39.1 Å². The number of nitrogens with zero attached hydrogens (tertiary/aromatic N) is 2. The monoisotopic (exact) mass is 301 g/mol. The summed E-state index contributed by atoms with van der Waals surface area (Å²) in [6.07, 6.45) is 1.12. The first-order chi connectivity index (χ1) is 9.97. The Morgan fingerprint density at radius 3 is 2.00 bits per heavy atom. The summed E-state index contributed by atoms with van der Waals surface area (Å²) in [6.45, 7) is 16.6. The van der Waals surface area contributed by atoms with E-state index in [0.29, 0.717) is 13.2 Å². The first-order valence-electron chi connectivity index (χ1n) is 8.28. The average molecular weight is 301 g/mol. The molecule has 0 aromatic heterocycles. The van der Waals surface area contributed by atoms with Crippen LogP contribution in [0.25, 0.3) is 0 Å². The van der Waals surface area contributed by atoms with Gasteiger partial charge in [0.15, 0.2) is 0 Å². The fourth-order valence-corrected chi connectivity index (χ4v) is 2.39. The van der Waals surface area contributed by atoms with Crippen LogP contribution in [0.15, 0.2) is 0 Å². The lowest BCUT2D eigenvalue weighted by Crippen LogP contribution is -2.56. The van der Waals surface area contributed by atoms with E-state index in [1.54, 1.807) is 0 Å². The van der Waals surface area contributed by atoms with Gasteiger partial charge in [-0.05, 0) is 60.0 Å². The zero-order valence-electron chi connectivity index (χ0n) is 14.9. The Hall–Kier alpha value is -0.650. The molecule has 5 nitrogen and oxygen atoms in total. The number of carbonyl (C=O) groups excluding carboxylic acids is 1. The lowest BCUT2D eigenvalue weighted by atomic mass is 10.0. The molecule has 0 aliphatic heterocycles. The highest BCUT2D eigenvalue weighted by Gasteiger charge is 2.34. The number of hydrogen-bond acceptors (Lipinski definition) is 5. The summed E-state index contributed by atoms with van der Waals surface area (Å²) in [6, 6.07) is 0. The smallest absolute Gasteiger partial charge is 0.327 e. The minimum atomic E-state index is -0.638. The third-order valence-corrected chi connectivity index (χ3v) is 4.11. The summed E-state index contributed by atoms with van der Waals surface area (Å²) in [5.74, 6) is -0.172. The van der Waals surface area contributed by atoms with Crippen molar-refractivity contribution < 1.29 is 9.53 Å². The van der Waals surface area contributed by atoms with Crippen LogP contribution in [0.2, 0.25) is 0 Å². The molecule has 0 heterocycles. The number of rotatable bonds is 12. The highest BCUT2D eigenvalue weighted by Crippen LogP contribution is 2.10. The summed E-state index contributed by atoms with van der Waals surface area (Å²) in [5, 5.41) is 3.12. The van der Waals surface area contributed by atoms with Gasteiger partial charge in [-0.25, -0.2) is 0 Å². The molecule has 0 bridgehead atoms. The Morgan fingerprint density at radius 1 is 1.05 bits per heavy atom. The van der Waals surface area contributed by atoms with E-state index < -0.39 is 5.54 Å². The van der Waals surface area contributed by atoms with Crippen LogP contribution in [0.1, 0.15) is 41.0 Å². The van der Waals surface area contributed by atoms with Crippen LogP contribution in [-0.2, 0) is 9.53 Å². The number of likely N-dealkylation sites (N-methyl/N-ethyl adjacent to an activating group) is 2. The van der Waals surface area contributed by atoms with Gasteiger partial charge in [0.1, 0.15) is 5.54 Å². The number of carbonyl (C=O) groups is 1. The molecule has 0 radical (unpaired) electrons. The molecule has 0 saturated heterocycles. The van der Waals surface area contributed by atoms with E-state index in [2.05, 4.69) is 35.9 Å². The molecule has 0 aromatic carbocycles. The molecule has 0 spiro atoms. The molecule has 126 valence electrons. The maximum atomic E-state index is 12.1. The Kier molecular flexibility index (Phi) is 10.6. The van der Waals surface area contributed by atoms with Gasteiger partial charge in [-0.1, -0.05) is 20.8 Å². The second kappa shape index (κ2) is 11.0. The van der Waals surface area contributed by atoms with E-state index >= 15 is 0 Å². The Labute approximate surface area is 131 Å². The van der Waals surface area contributed by atoms with Gasteiger partial charge in [0, 0.05) is 6.54 Å². The van der Waals surface area contributed by atoms with Gasteiger partial charge in [0.05, 0.1) is 6.61 Å². The maximum absolute atomic E-state index is 12.1. The Morgan fingerprint density at radius 2 is 1.57 bits per heavy atom. The van der Waals surface area contributed by atoms with Crippen molar-refractivity contribution in [3.63, 3.8) is 0 Å². The van der Waals surface area contributed by atoms with Gasteiger partial charge < -0.3 is 19.9 Å². The topological polar surface area (TPSA) is 44.8 Å². The van der Waals surface area contributed by atoms with Gasteiger partial charge in [0.2, 0.25) is 0 Å². The fraction of sp³-hybridized carbons (Fsp3) is 0.938. The van der Waals surface area contributed by atoms with Crippen LogP contribution in [0.3, 0.4) is 0 Å². The Bertz CT molecular complexity index is 283. The summed E-state index contributed by atoms with van der Waals surface area (Å²) in [7, 11) is 1.82. The van der Waals surface area contributed by atoms with Gasteiger partial charge in [-0.15, -0.1) is 0 Å². The van der Waals surface area contributed by atoms with E-state index in [1.807, 2.05) is 20.9 Å². The third kappa shape index (κ3) is 7.25. The summed E-state index contributed by atoms with van der Waals surface area (Å²) in [4.78, 5) is 16.8. The van der Waals surface area contributed by atoms with Crippen molar-refractivity contribution in [1.82, 2.24) is 15.1 Å². The highest BCUT2D eigenvalue weighted by molar-refractivity contribution is 5.80. The van der Waals surface area contributed by atoms with Crippen LogP contribution in [-0.4, -0.2) is 74.2 Å². The van der Waals surface area contributed by atoms with Crippen LogP contribution in [0.4, 0.5) is 0 Å². The molecule has 21 heavy (non-hydrogen) atoms. The van der Waals surface area contributed by atoms with Crippen molar-refractivity contribution in [2.24, 2.45) is 0 Å². The summed E-state index contributed by atoms with van der Waals surface area (Å²) >= 11 is 0. The lowest BCUT2D eigenvalue weighted by molar-refractivity contribution is -0.151. The second-order valence-corrected chi connectivity index (χ2v) is 5.55. The number of hydrogen-bond donors (Lipinski definition) is 1. The van der Waals surface area contributed by atoms with Crippen LogP contribution in [0, 0.1) is 0 Å². The van der Waals surface area contributed by atoms with Crippen molar-refractivity contribution in [3.05, 3.63) is 0 Å². The molecule has 0 aliphatic rings. The Balaban J connectivity index is 4.42. The van der Waals surface area contributed by atoms with Crippen LogP contribution < -0.4 is 5.32 Å². The fourth-order valence-electron chi connectivity index (χ4n) is 2.39. The molecule has 1 atom stereocenters. The normalized spacial score (nSPS) is 14.5. The van der Waals surface area contributed by atoms with E-state index in [9.17, 15) is 4.79 Å². The zero-order valence-corrected chi connectivity index (χ0v) is 14.9. The third-order valence-electron chi connectivity index (χ3n) is 4.11. The predicted molar refractivity (Wildman–Crippen MR) is 88.6 cm³/mol. The van der Waals surface area contributed by atoms with Gasteiger partial charge in [-0.3, -0.25) is 4.79 Å². The molecule has 0 rings (SSSR count). The first kappa shape index (κ1) is 20.3. The van der Waals surface area contributed by atoms with Gasteiger partial charge >= 0.3 is 5.97 Å². The van der Waals surface area contributed by atoms with Crippen molar-refractivity contribution in [3.8, 4) is 0 Å². The first-order valence-corrected chi connectivity index (χ1v) is 8.28. The SMILES string of the molecule is CCOC(=O)C(C)(CN(CC)CCCN(CC)CC)NC.